The molecular formula is C19H17ClN2O3S2. The van der Waals surface area contributed by atoms with Crippen LogP contribution in [-0.2, 0) is 16.6 Å². The van der Waals surface area contributed by atoms with Crippen LogP contribution in [0.15, 0.2) is 70.9 Å². The summed E-state index contributed by atoms with van der Waals surface area (Å²) >= 11 is 7.50. The number of anilines is 1. The van der Waals surface area contributed by atoms with Gasteiger partial charge in [0.25, 0.3) is 15.9 Å². The Morgan fingerprint density at radius 2 is 1.89 bits per heavy atom. The monoisotopic (exact) mass is 420 g/mol. The van der Waals surface area contributed by atoms with Gasteiger partial charge in [0, 0.05) is 22.5 Å². The first-order valence-electron chi connectivity index (χ1n) is 8.03. The second kappa shape index (κ2) is 8.12. The molecule has 0 aliphatic heterocycles. The number of nitrogens with one attached hydrogen (secondary N) is 1. The number of hydrogen-bond acceptors (Lipinski definition) is 4. The second-order valence-electron chi connectivity index (χ2n) is 5.74. The van der Waals surface area contributed by atoms with Crippen molar-refractivity contribution in [3.63, 3.8) is 0 Å². The highest BCUT2D eigenvalue weighted by Crippen LogP contribution is 2.25. The lowest BCUT2D eigenvalue weighted by molar-refractivity contribution is 0.0951. The number of sulfonamides is 1. The molecule has 1 amide bonds. The summed E-state index contributed by atoms with van der Waals surface area (Å²) in [5, 5.41) is 5.17. The minimum Gasteiger partial charge on any atom is -0.347 e. The quantitative estimate of drug-likeness (QED) is 0.651. The molecule has 8 heteroatoms. The topological polar surface area (TPSA) is 66.5 Å². The zero-order valence-corrected chi connectivity index (χ0v) is 16.8. The molecule has 0 saturated heterocycles. The van der Waals surface area contributed by atoms with Gasteiger partial charge in [-0.25, -0.2) is 8.42 Å². The normalized spacial score (nSPS) is 11.2. The zero-order valence-electron chi connectivity index (χ0n) is 14.4. The van der Waals surface area contributed by atoms with E-state index in [0.717, 1.165) is 9.18 Å². The van der Waals surface area contributed by atoms with Crippen LogP contribution in [0.5, 0.6) is 0 Å². The molecule has 140 valence electrons. The van der Waals surface area contributed by atoms with Crippen molar-refractivity contribution in [2.24, 2.45) is 0 Å². The molecular weight excluding hydrogens is 404 g/mol. The van der Waals surface area contributed by atoms with E-state index in [1.807, 2.05) is 17.5 Å². The molecule has 27 heavy (non-hydrogen) atoms. The number of halogens is 1. The van der Waals surface area contributed by atoms with Crippen molar-refractivity contribution >= 4 is 44.6 Å². The fourth-order valence-corrected chi connectivity index (χ4v) is 4.51. The predicted octanol–water partition coefficient (Wildman–Crippen LogP) is 4.16. The van der Waals surface area contributed by atoms with E-state index in [4.69, 9.17) is 11.6 Å². The fourth-order valence-electron chi connectivity index (χ4n) is 2.45. The van der Waals surface area contributed by atoms with Gasteiger partial charge in [0.15, 0.2) is 0 Å². The van der Waals surface area contributed by atoms with Crippen LogP contribution in [0.3, 0.4) is 0 Å². The van der Waals surface area contributed by atoms with Crippen molar-refractivity contribution in [3.8, 4) is 0 Å². The van der Waals surface area contributed by atoms with E-state index >= 15 is 0 Å². The lowest BCUT2D eigenvalue weighted by Crippen LogP contribution is -2.27. The van der Waals surface area contributed by atoms with E-state index < -0.39 is 10.0 Å². The van der Waals surface area contributed by atoms with Crippen molar-refractivity contribution in [3.05, 3.63) is 81.5 Å². The largest absolute Gasteiger partial charge is 0.347 e. The smallest absolute Gasteiger partial charge is 0.264 e. The summed E-state index contributed by atoms with van der Waals surface area (Å²) in [7, 11) is -2.38. The number of thiophene rings is 1. The van der Waals surface area contributed by atoms with E-state index in [1.54, 1.807) is 47.7 Å². The summed E-state index contributed by atoms with van der Waals surface area (Å²) in [4.78, 5) is 13.4. The summed E-state index contributed by atoms with van der Waals surface area (Å²) in [5.41, 5.74) is 0.724. The molecule has 0 aliphatic carbocycles. The highest BCUT2D eigenvalue weighted by Gasteiger charge is 2.22. The molecule has 0 radical (unpaired) electrons. The minimum absolute atomic E-state index is 0.0359. The number of carbonyl (C=O) groups is 1. The number of carbonyl (C=O) groups excluding carboxylic acids is 1. The van der Waals surface area contributed by atoms with Gasteiger partial charge in [0.05, 0.1) is 17.1 Å². The van der Waals surface area contributed by atoms with Gasteiger partial charge in [0.2, 0.25) is 0 Å². The molecule has 3 rings (SSSR count). The third kappa shape index (κ3) is 4.50. The Hall–Kier alpha value is -2.35. The SMILES string of the molecule is CN(c1cccc(Cl)c1)S(=O)(=O)c1cccc(C(=O)NCc2cccs2)c1. The Kier molecular flexibility index (Phi) is 5.84. The molecule has 5 nitrogen and oxygen atoms in total. The Labute approximate surface area is 167 Å². The molecule has 0 spiro atoms. The lowest BCUT2D eigenvalue weighted by Gasteiger charge is -2.20. The first kappa shape index (κ1) is 19.4. The van der Waals surface area contributed by atoms with Gasteiger partial charge in [-0.05, 0) is 47.8 Å². The number of hydrogen-bond donors (Lipinski definition) is 1. The van der Waals surface area contributed by atoms with Gasteiger partial charge < -0.3 is 5.32 Å². The van der Waals surface area contributed by atoms with Crippen LogP contribution < -0.4 is 9.62 Å². The summed E-state index contributed by atoms with van der Waals surface area (Å²) < 4.78 is 27.0. The third-order valence-electron chi connectivity index (χ3n) is 3.93. The summed E-state index contributed by atoms with van der Waals surface area (Å²) in [6.45, 7) is 0.399. The highest BCUT2D eigenvalue weighted by molar-refractivity contribution is 7.92. The predicted molar refractivity (Wildman–Crippen MR) is 109 cm³/mol. The molecule has 0 bridgehead atoms. The minimum atomic E-state index is -3.83. The Balaban J connectivity index is 1.82. The molecule has 1 heterocycles. The third-order valence-corrected chi connectivity index (χ3v) is 6.82. The van der Waals surface area contributed by atoms with Crippen LogP contribution in [0.4, 0.5) is 5.69 Å². The van der Waals surface area contributed by atoms with Crippen molar-refractivity contribution < 1.29 is 13.2 Å². The van der Waals surface area contributed by atoms with Crippen LogP contribution in [-0.4, -0.2) is 21.4 Å². The number of rotatable bonds is 6. The van der Waals surface area contributed by atoms with Gasteiger partial charge in [-0.2, -0.15) is 0 Å². The standard InChI is InChI=1S/C19H17ClN2O3S2/c1-22(16-7-3-6-15(20)12-16)27(24,25)18-9-2-5-14(11-18)19(23)21-13-17-8-4-10-26-17/h2-12H,13H2,1H3,(H,21,23). The first-order chi connectivity index (χ1) is 12.9. The molecule has 1 N–H and O–H groups in total. The van der Waals surface area contributed by atoms with Crippen molar-refractivity contribution in [1.29, 1.82) is 0 Å². The highest BCUT2D eigenvalue weighted by atomic mass is 35.5. The van der Waals surface area contributed by atoms with Gasteiger partial charge in [0.1, 0.15) is 0 Å². The Morgan fingerprint density at radius 3 is 2.59 bits per heavy atom. The molecule has 0 unspecified atom stereocenters. The van der Waals surface area contributed by atoms with E-state index in [-0.39, 0.29) is 16.4 Å². The molecule has 0 atom stereocenters. The first-order valence-corrected chi connectivity index (χ1v) is 10.7. The maximum Gasteiger partial charge on any atom is 0.264 e. The Bertz CT molecular complexity index is 1050. The average molecular weight is 421 g/mol. The molecule has 0 fully saturated rings. The summed E-state index contributed by atoms with van der Waals surface area (Å²) in [6.07, 6.45) is 0. The van der Waals surface area contributed by atoms with Gasteiger partial charge in [-0.15, -0.1) is 11.3 Å². The van der Waals surface area contributed by atoms with Crippen LogP contribution in [0.25, 0.3) is 0 Å². The maximum atomic E-state index is 12.9. The van der Waals surface area contributed by atoms with E-state index in [1.165, 1.54) is 19.2 Å². The van der Waals surface area contributed by atoms with Gasteiger partial charge in [-0.3, -0.25) is 9.10 Å². The molecule has 0 saturated carbocycles. The van der Waals surface area contributed by atoms with Crippen molar-refractivity contribution in [2.75, 3.05) is 11.4 Å². The second-order valence-corrected chi connectivity index (χ2v) is 9.18. The maximum absolute atomic E-state index is 12.9. The average Bonchev–Trinajstić information content (AvgIpc) is 3.19. The summed E-state index contributed by atoms with van der Waals surface area (Å²) in [5.74, 6) is -0.328. The van der Waals surface area contributed by atoms with Crippen LogP contribution >= 0.6 is 22.9 Å². The molecule has 2 aromatic carbocycles. The Morgan fingerprint density at radius 1 is 1.11 bits per heavy atom. The number of benzene rings is 2. The zero-order chi connectivity index (χ0) is 19.4. The molecule has 3 aromatic rings. The number of nitrogens with zero attached hydrogens (tertiary/aromatic N) is 1. The lowest BCUT2D eigenvalue weighted by atomic mass is 10.2. The van der Waals surface area contributed by atoms with E-state index in [0.29, 0.717) is 17.3 Å². The van der Waals surface area contributed by atoms with Gasteiger partial charge in [-0.1, -0.05) is 29.8 Å². The van der Waals surface area contributed by atoms with Crippen molar-refractivity contribution in [1.82, 2.24) is 5.32 Å². The van der Waals surface area contributed by atoms with Gasteiger partial charge >= 0.3 is 0 Å². The number of amides is 1. The van der Waals surface area contributed by atoms with Crippen molar-refractivity contribution in [2.45, 2.75) is 11.4 Å². The molecule has 1 aromatic heterocycles. The fraction of sp³-hybridized carbons (Fsp3) is 0.105. The van der Waals surface area contributed by atoms with Crippen LogP contribution in [0, 0.1) is 0 Å². The van der Waals surface area contributed by atoms with Crippen LogP contribution in [0.2, 0.25) is 5.02 Å². The van der Waals surface area contributed by atoms with E-state index in [9.17, 15) is 13.2 Å². The van der Waals surface area contributed by atoms with Crippen LogP contribution in [0.1, 0.15) is 15.2 Å². The van der Waals surface area contributed by atoms with E-state index in [2.05, 4.69) is 5.32 Å². The summed E-state index contributed by atoms with van der Waals surface area (Å²) in [6, 6.07) is 16.4. The molecule has 0 aliphatic rings.